The highest BCUT2D eigenvalue weighted by molar-refractivity contribution is 7.22. The van der Waals surface area contributed by atoms with Gasteiger partial charge in [-0.05, 0) is 45.0 Å². The van der Waals surface area contributed by atoms with E-state index in [4.69, 9.17) is 19.1 Å². The van der Waals surface area contributed by atoms with Crippen molar-refractivity contribution in [2.24, 2.45) is 0 Å². The third kappa shape index (κ3) is 3.18. The number of phenols is 1. The maximum absolute atomic E-state index is 11.2. The van der Waals surface area contributed by atoms with Gasteiger partial charge in [0.15, 0.2) is 13.7 Å². The number of pyridine rings is 3. The lowest BCUT2D eigenvalue weighted by Crippen LogP contribution is -2.72. The van der Waals surface area contributed by atoms with E-state index in [1.165, 1.54) is 10.4 Å². The number of phenolic OH excluding ortho intramolecular Hbond substituents is 1. The number of nitrogens with zero attached hydrogens (tertiary/aromatic N) is 3. The van der Waals surface area contributed by atoms with Gasteiger partial charge in [0.25, 0.3) is 0 Å². The van der Waals surface area contributed by atoms with Crippen molar-refractivity contribution >= 4 is 51.0 Å². The second kappa shape index (κ2) is 8.62. The van der Waals surface area contributed by atoms with Gasteiger partial charge < -0.3 is 14.3 Å². The zero-order valence-corrected chi connectivity index (χ0v) is 22.2. The van der Waals surface area contributed by atoms with E-state index >= 15 is 0 Å². The number of ether oxygens (including phenoxy) is 1. The molecule has 0 unspecified atom stereocenters. The highest BCUT2D eigenvalue weighted by Gasteiger charge is 2.50. The van der Waals surface area contributed by atoms with E-state index in [0.29, 0.717) is 28.6 Å². The molecular formula is C33H21N3O3Si. The van der Waals surface area contributed by atoms with Crippen LogP contribution in [0.1, 0.15) is 0 Å². The van der Waals surface area contributed by atoms with Crippen LogP contribution in [0.15, 0.2) is 126 Å². The molecule has 0 aliphatic carbocycles. The summed E-state index contributed by atoms with van der Waals surface area (Å²) in [5.74, 6) is 1.01. The smallest absolute Gasteiger partial charge is 0.228 e. The molecule has 6 nitrogen and oxygen atoms in total. The average molecular weight is 536 g/mol. The standard InChI is InChI=1S/C33H21N3O3Si/c37-24-14-7-15-26-30(24)32-27(40(26,21-9-3-1-4-10-21)22-11-5-2-6-12-22)17-19-29(36-32)39-28-18-16-25-31(35-28)23-13-8-20-34-33(23)38-25/h1-20,37H. The van der Waals surface area contributed by atoms with Crippen molar-refractivity contribution in [3.8, 4) is 28.8 Å². The Labute approximate surface area is 230 Å². The van der Waals surface area contributed by atoms with Gasteiger partial charge in [0.2, 0.25) is 17.5 Å². The lowest BCUT2D eigenvalue weighted by molar-refractivity contribution is 0.447. The van der Waals surface area contributed by atoms with Crippen LogP contribution >= 0.6 is 0 Å². The Bertz CT molecular complexity index is 2020. The molecule has 1 aliphatic heterocycles. The fourth-order valence-corrected chi connectivity index (χ4v) is 11.1. The Morgan fingerprint density at radius 1 is 0.650 bits per heavy atom. The zero-order chi connectivity index (χ0) is 26.7. The summed E-state index contributed by atoms with van der Waals surface area (Å²) < 4.78 is 12.0. The fourth-order valence-electron chi connectivity index (χ4n) is 6.03. The van der Waals surface area contributed by atoms with Gasteiger partial charge in [-0.1, -0.05) is 78.9 Å². The van der Waals surface area contributed by atoms with Crippen LogP contribution < -0.4 is 25.5 Å². The normalized spacial score (nSPS) is 13.3. The number of hydrogen-bond acceptors (Lipinski definition) is 6. The number of rotatable bonds is 4. The molecule has 0 amide bonds. The second-order valence-electron chi connectivity index (χ2n) is 9.78. The van der Waals surface area contributed by atoms with Crippen molar-refractivity contribution in [2.75, 3.05) is 0 Å². The molecule has 0 radical (unpaired) electrons. The lowest BCUT2D eigenvalue weighted by Gasteiger charge is -2.30. The number of aromatic nitrogens is 3. The maximum Gasteiger partial charge on any atom is 0.228 e. The van der Waals surface area contributed by atoms with Crippen molar-refractivity contribution < 1.29 is 14.3 Å². The zero-order valence-electron chi connectivity index (χ0n) is 21.2. The summed E-state index contributed by atoms with van der Waals surface area (Å²) in [6.07, 6.45) is 1.69. The second-order valence-corrected chi connectivity index (χ2v) is 13.5. The first kappa shape index (κ1) is 22.7. The minimum absolute atomic E-state index is 0.210. The molecule has 1 N–H and O–H groups in total. The Kier molecular flexibility index (Phi) is 4.89. The van der Waals surface area contributed by atoms with E-state index in [-0.39, 0.29) is 5.75 Å². The topological polar surface area (TPSA) is 81.3 Å². The number of fused-ring (bicyclic) bond motifs is 6. The average Bonchev–Trinajstić information content (AvgIpc) is 3.52. The summed E-state index contributed by atoms with van der Waals surface area (Å²) in [5, 5.41) is 16.7. The summed E-state index contributed by atoms with van der Waals surface area (Å²) in [7, 11) is -2.74. The predicted octanol–water partition coefficient (Wildman–Crippen LogP) is 4.63. The minimum Gasteiger partial charge on any atom is -0.507 e. The van der Waals surface area contributed by atoms with Gasteiger partial charge in [0.1, 0.15) is 11.3 Å². The number of hydrogen-bond donors (Lipinski definition) is 1. The summed E-state index contributed by atoms with van der Waals surface area (Å²) in [4.78, 5) is 14.0. The van der Waals surface area contributed by atoms with Crippen LogP contribution in [0.5, 0.6) is 17.5 Å². The molecule has 7 heteroatoms. The van der Waals surface area contributed by atoms with E-state index in [9.17, 15) is 5.11 Å². The lowest BCUT2D eigenvalue weighted by atomic mass is 10.1. The fraction of sp³-hybridized carbons (Fsp3) is 0. The molecule has 0 saturated heterocycles. The maximum atomic E-state index is 11.2. The third-order valence-corrected chi connectivity index (χ3v) is 12.5. The van der Waals surface area contributed by atoms with Gasteiger partial charge in [-0.3, -0.25) is 0 Å². The van der Waals surface area contributed by atoms with Crippen molar-refractivity contribution in [3.63, 3.8) is 0 Å². The van der Waals surface area contributed by atoms with Crippen LogP contribution in [0.3, 0.4) is 0 Å². The Morgan fingerprint density at radius 2 is 1.38 bits per heavy atom. The molecule has 0 bridgehead atoms. The van der Waals surface area contributed by atoms with Crippen LogP contribution in [0.4, 0.5) is 0 Å². The summed E-state index contributed by atoms with van der Waals surface area (Å²) in [5.41, 5.74) is 3.36. The first-order valence-corrected chi connectivity index (χ1v) is 15.0. The molecule has 0 spiro atoms. The third-order valence-electron chi connectivity index (χ3n) is 7.65. The number of furan rings is 1. The molecule has 3 aromatic carbocycles. The molecule has 8 rings (SSSR count). The molecular weight excluding hydrogens is 514 g/mol. The largest absolute Gasteiger partial charge is 0.507 e. The van der Waals surface area contributed by atoms with E-state index in [1.54, 1.807) is 18.3 Å². The predicted molar refractivity (Wildman–Crippen MR) is 158 cm³/mol. The molecule has 1 aliphatic rings. The quantitative estimate of drug-likeness (QED) is 0.331. The van der Waals surface area contributed by atoms with Gasteiger partial charge in [0.05, 0.1) is 11.1 Å². The molecule has 40 heavy (non-hydrogen) atoms. The SMILES string of the molecule is Oc1cccc2c1-c1nc(Oc3ccc4oc5ncccc5c4n3)ccc1[Si]2(c1ccccc1)c1ccccc1. The van der Waals surface area contributed by atoms with Crippen LogP contribution in [0.2, 0.25) is 0 Å². The Morgan fingerprint density at radius 3 is 2.15 bits per heavy atom. The van der Waals surface area contributed by atoms with Crippen LogP contribution in [-0.2, 0) is 0 Å². The van der Waals surface area contributed by atoms with Gasteiger partial charge in [-0.25, -0.2) is 15.0 Å². The first-order valence-electron chi connectivity index (χ1n) is 13.0. The van der Waals surface area contributed by atoms with Crippen LogP contribution in [-0.4, -0.2) is 28.1 Å². The molecule has 190 valence electrons. The Balaban J connectivity index is 1.32. The molecule has 4 aromatic heterocycles. The monoisotopic (exact) mass is 535 g/mol. The summed E-state index contributed by atoms with van der Waals surface area (Å²) in [6.45, 7) is 0. The van der Waals surface area contributed by atoms with Gasteiger partial charge in [0, 0.05) is 23.9 Å². The van der Waals surface area contributed by atoms with Gasteiger partial charge in [-0.2, -0.15) is 0 Å². The molecule has 5 heterocycles. The van der Waals surface area contributed by atoms with E-state index in [0.717, 1.165) is 27.0 Å². The van der Waals surface area contributed by atoms with E-state index in [2.05, 4.69) is 65.6 Å². The van der Waals surface area contributed by atoms with Crippen LogP contribution in [0.25, 0.3) is 33.5 Å². The summed E-state index contributed by atoms with van der Waals surface area (Å²) in [6, 6.07) is 38.3. The van der Waals surface area contributed by atoms with Crippen molar-refractivity contribution in [2.45, 2.75) is 0 Å². The van der Waals surface area contributed by atoms with E-state index in [1.807, 2.05) is 42.5 Å². The van der Waals surface area contributed by atoms with Gasteiger partial charge in [-0.15, -0.1) is 0 Å². The van der Waals surface area contributed by atoms with Crippen molar-refractivity contribution in [3.05, 3.63) is 121 Å². The molecule has 0 atom stereocenters. The molecule has 0 saturated carbocycles. The first-order chi connectivity index (χ1) is 19.7. The minimum atomic E-state index is -2.74. The van der Waals surface area contributed by atoms with Crippen molar-refractivity contribution in [1.82, 2.24) is 15.0 Å². The Hall–Kier alpha value is -5.27. The molecule has 7 aromatic rings. The number of benzene rings is 3. The highest BCUT2D eigenvalue weighted by Crippen LogP contribution is 2.35. The highest BCUT2D eigenvalue weighted by atomic mass is 28.3. The van der Waals surface area contributed by atoms with Gasteiger partial charge >= 0.3 is 0 Å². The van der Waals surface area contributed by atoms with E-state index < -0.39 is 8.07 Å². The number of aromatic hydroxyl groups is 1. The van der Waals surface area contributed by atoms with Crippen molar-refractivity contribution in [1.29, 1.82) is 0 Å². The molecule has 0 fully saturated rings. The van der Waals surface area contributed by atoms with Crippen LogP contribution in [0, 0.1) is 0 Å². The summed E-state index contributed by atoms with van der Waals surface area (Å²) >= 11 is 0.